The van der Waals surface area contributed by atoms with Crippen LogP contribution < -0.4 is 10.2 Å². The number of rotatable bonds is 4. The van der Waals surface area contributed by atoms with Gasteiger partial charge in [0.15, 0.2) is 0 Å². The smallest absolute Gasteiger partial charge is 0.247 e. The molecule has 1 heterocycles. The molecule has 0 aromatic heterocycles. The Labute approximate surface area is 190 Å². The average Bonchev–Trinajstić information content (AvgIpc) is 2.65. The number of nitrogens with zero attached hydrogens (tertiary/aromatic N) is 2. The van der Waals surface area contributed by atoms with Crippen molar-refractivity contribution >= 4 is 39.1 Å². The summed E-state index contributed by atoms with van der Waals surface area (Å²) in [5.41, 5.74) is -0.0447. The Morgan fingerprint density at radius 2 is 1.77 bits per heavy atom. The van der Waals surface area contributed by atoms with Crippen LogP contribution in [-0.4, -0.2) is 55.5 Å². The minimum Gasteiger partial charge on any atom is -0.351 e. The maximum atomic E-state index is 13.6. The number of aryl methyl sites for hydroxylation is 1. The molecule has 1 aliphatic carbocycles. The van der Waals surface area contributed by atoms with Gasteiger partial charge in [-0.2, -0.15) is 4.31 Å². The van der Waals surface area contributed by atoms with Crippen LogP contribution in [-0.2, 0) is 19.6 Å². The predicted molar refractivity (Wildman–Crippen MR) is 123 cm³/mol. The lowest BCUT2D eigenvalue weighted by Crippen LogP contribution is -2.70. The molecular formula is C22H32ClN3O4S. The largest absolute Gasteiger partial charge is 0.351 e. The first-order valence-corrected chi connectivity index (χ1v) is 13.1. The zero-order chi connectivity index (χ0) is 22.8. The van der Waals surface area contributed by atoms with Crippen LogP contribution >= 0.6 is 11.6 Å². The van der Waals surface area contributed by atoms with Gasteiger partial charge in [0.1, 0.15) is 5.54 Å². The second-order valence-corrected chi connectivity index (χ2v) is 11.4. The predicted octanol–water partition coefficient (Wildman–Crippen LogP) is 3.24. The van der Waals surface area contributed by atoms with E-state index >= 15 is 0 Å². The molecule has 31 heavy (non-hydrogen) atoms. The van der Waals surface area contributed by atoms with Crippen molar-refractivity contribution in [1.82, 2.24) is 9.62 Å². The molecule has 3 rings (SSSR count). The summed E-state index contributed by atoms with van der Waals surface area (Å²) in [6.07, 6.45) is 8.46. The van der Waals surface area contributed by atoms with E-state index in [2.05, 4.69) is 5.32 Å². The summed E-state index contributed by atoms with van der Waals surface area (Å²) >= 11 is 6.30. The normalized spacial score (nSPS) is 24.5. The minimum atomic E-state index is -3.65. The van der Waals surface area contributed by atoms with Crippen LogP contribution in [0.4, 0.5) is 5.69 Å². The molecule has 2 fully saturated rings. The van der Waals surface area contributed by atoms with Gasteiger partial charge in [-0.05, 0) is 44.4 Å². The van der Waals surface area contributed by atoms with Crippen LogP contribution in [0.1, 0.15) is 57.4 Å². The highest BCUT2D eigenvalue weighted by molar-refractivity contribution is 7.88. The number of hydrogen-bond donors (Lipinski definition) is 1. The van der Waals surface area contributed by atoms with Crippen molar-refractivity contribution in [2.75, 3.05) is 24.2 Å². The molecule has 1 saturated carbocycles. The van der Waals surface area contributed by atoms with E-state index in [1.165, 1.54) is 11.3 Å². The summed E-state index contributed by atoms with van der Waals surface area (Å²) in [7, 11) is -3.65. The van der Waals surface area contributed by atoms with Crippen molar-refractivity contribution in [2.45, 2.75) is 70.4 Å². The fraction of sp³-hybridized carbons (Fsp3) is 0.636. The number of piperazine rings is 1. The van der Waals surface area contributed by atoms with Gasteiger partial charge in [0.2, 0.25) is 21.8 Å². The van der Waals surface area contributed by atoms with Crippen molar-refractivity contribution in [2.24, 2.45) is 0 Å². The van der Waals surface area contributed by atoms with E-state index in [0.29, 0.717) is 10.7 Å². The molecule has 172 valence electrons. The Kier molecular flexibility index (Phi) is 7.33. The first-order chi connectivity index (χ1) is 14.5. The fourth-order valence-electron chi connectivity index (χ4n) is 4.47. The number of benzene rings is 1. The third-order valence-corrected chi connectivity index (χ3v) is 7.95. The number of hydrogen-bond acceptors (Lipinski definition) is 4. The SMILES string of the molecule is Cc1ccc(N2C(=O)CN(S(C)(=O)=O)C[C@]2(C)C(=O)NC2CCCCCCC2)cc1Cl. The summed E-state index contributed by atoms with van der Waals surface area (Å²) < 4.78 is 25.6. The fourth-order valence-corrected chi connectivity index (χ4v) is 5.47. The lowest BCUT2D eigenvalue weighted by atomic mass is 9.92. The first kappa shape index (κ1) is 24.0. The van der Waals surface area contributed by atoms with Gasteiger partial charge >= 0.3 is 0 Å². The van der Waals surface area contributed by atoms with Gasteiger partial charge in [-0.15, -0.1) is 0 Å². The van der Waals surface area contributed by atoms with Crippen LogP contribution in [0.5, 0.6) is 0 Å². The third-order valence-electron chi connectivity index (χ3n) is 6.35. The standard InChI is InChI=1S/C22H32ClN3O4S/c1-16-11-12-18(13-19(16)23)26-20(27)14-25(31(3,29)30)15-22(26,2)21(28)24-17-9-7-5-4-6-8-10-17/h11-13,17H,4-10,14-15H2,1-3H3,(H,24,28)/t22-/m1/s1. The summed E-state index contributed by atoms with van der Waals surface area (Å²) in [5, 5.41) is 3.61. The van der Waals surface area contributed by atoms with Crippen molar-refractivity contribution < 1.29 is 18.0 Å². The number of nitrogens with one attached hydrogen (secondary N) is 1. The van der Waals surface area contributed by atoms with Crippen molar-refractivity contribution in [3.05, 3.63) is 28.8 Å². The highest BCUT2D eigenvalue weighted by Crippen LogP contribution is 2.33. The molecule has 1 atom stereocenters. The van der Waals surface area contributed by atoms with Crippen molar-refractivity contribution in [3.8, 4) is 0 Å². The highest BCUT2D eigenvalue weighted by atomic mass is 35.5. The molecule has 0 spiro atoms. The summed E-state index contributed by atoms with van der Waals surface area (Å²) in [5.74, 6) is -0.789. The molecule has 1 aromatic rings. The molecule has 1 N–H and O–H groups in total. The average molecular weight is 470 g/mol. The van der Waals surface area contributed by atoms with Gasteiger partial charge in [-0.25, -0.2) is 8.42 Å². The molecule has 0 unspecified atom stereocenters. The second kappa shape index (κ2) is 9.46. The molecule has 7 nitrogen and oxygen atoms in total. The van der Waals surface area contributed by atoms with Crippen LogP contribution in [0.2, 0.25) is 5.02 Å². The first-order valence-electron chi connectivity index (χ1n) is 10.9. The maximum Gasteiger partial charge on any atom is 0.247 e. The zero-order valence-corrected chi connectivity index (χ0v) is 20.1. The van der Waals surface area contributed by atoms with Gasteiger partial charge < -0.3 is 5.32 Å². The van der Waals surface area contributed by atoms with Crippen LogP contribution in [0, 0.1) is 6.92 Å². The van der Waals surface area contributed by atoms with Crippen molar-refractivity contribution in [3.63, 3.8) is 0 Å². The Morgan fingerprint density at radius 1 is 1.16 bits per heavy atom. The molecular weight excluding hydrogens is 438 g/mol. The van der Waals surface area contributed by atoms with Gasteiger partial charge in [0.25, 0.3) is 0 Å². The molecule has 2 aliphatic rings. The molecule has 9 heteroatoms. The van der Waals surface area contributed by atoms with Gasteiger partial charge in [-0.3, -0.25) is 14.5 Å². The number of anilines is 1. The molecule has 1 saturated heterocycles. The van der Waals surface area contributed by atoms with Crippen molar-refractivity contribution in [1.29, 1.82) is 0 Å². The lowest BCUT2D eigenvalue weighted by molar-refractivity contribution is -0.133. The lowest BCUT2D eigenvalue weighted by Gasteiger charge is -2.47. The summed E-state index contributed by atoms with van der Waals surface area (Å²) in [6, 6.07) is 5.22. The van der Waals surface area contributed by atoms with Gasteiger partial charge in [0.05, 0.1) is 12.8 Å². The van der Waals surface area contributed by atoms with E-state index < -0.39 is 21.5 Å². The number of carbonyl (C=O) groups is 2. The second-order valence-electron chi connectivity index (χ2n) is 8.98. The monoisotopic (exact) mass is 469 g/mol. The Hall–Kier alpha value is -1.64. The molecule has 1 aromatic carbocycles. The Morgan fingerprint density at radius 3 is 2.35 bits per heavy atom. The zero-order valence-electron chi connectivity index (χ0n) is 18.5. The summed E-state index contributed by atoms with van der Waals surface area (Å²) in [4.78, 5) is 28.2. The van der Waals surface area contributed by atoms with Crippen LogP contribution in [0.25, 0.3) is 0 Å². The number of halogens is 1. The number of amides is 2. The quantitative estimate of drug-likeness (QED) is 0.733. The van der Waals surface area contributed by atoms with E-state index in [1.54, 1.807) is 25.1 Å². The van der Waals surface area contributed by atoms with Gasteiger partial charge in [0, 0.05) is 23.3 Å². The summed E-state index contributed by atoms with van der Waals surface area (Å²) in [6.45, 7) is 3.07. The Bertz CT molecular complexity index is 944. The van der Waals surface area contributed by atoms with E-state index in [4.69, 9.17) is 11.6 Å². The highest BCUT2D eigenvalue weighted by Gasteiger charge is 2.50. The van der Waals surface area contributed by atoms with E-state index in [0.717, 1.165) is 54.6 Å². The number of sulfonamides is 1. The van der Waals surface area contributed by atoms with E-state index in [1.807, 2.05) is 6.92 Å². The molecule has 0 bridgehead atoms. The minimum absolute atomic E-state index is 0.0248. The topological polar surface area (TPSA) is 86.8 Å². The molecule has 0 radical (unpaired) electrons. The van der Waals surface area contributed by atoms with Crippen LogP contribution in [0.15, 0.2) is 18.2 Å². The van der Waals surface area contributed by atoms with Crippen LogP contribution in [0.3, 0.4) is 0 Å². The number of carbonyl (C=O) groups excluding carboxylic acids is 2. The van der Waals surface area contributed by atoms with Gasteiger partial charge in [-0.1, -0.05) is 49.8 Å². The van der Waals surface area contributed by atoms with E-state index in [9.17, 15) is 18.0 Å². The molecule has 2 amide bonds. The maximum absolute atomic E-state index is 13.6. The third kappa shape index (κ3) is 5.41. The molecule has 1 aliphatic heterocycles. The van der Waals surface area contributed by atoms with E-state index in [-0.39, 0.29) is 25.0 Å². The Balaban J connectivity index is 1.96.